The average Bonchev–Trinajstić information content (AvgIpc) is 2.54. The Bertz CT molecular complexity index is 409. The molecule has 0 spiro atoms. The summed E-state index contributed by atoms with van der Waals surface area (Å²) in [5, 5.41) is 0. The van der Waals surface area contributed by atoms with Crippen LogP contribution in [0.2, 0.25) is 0 Å². The Hall–Kier alpha value is -1.02. The molecule has 17 heavy (non-hydrogen) atoms. The molecule has 2 heteroatoms. The van der Waals surface area contributed by atoms with Crippen LogP contribution >= 0.6 is 0 Å². The maximum Gasteiger partial charge on any atom is 0.123 e. The van der Waals surface area contributed by atoms with Crippen molar-refractivity contribution in [2.45, 2.75) is 45.6 Å². The minimum atomic E-state index is 0.114. The van der Waals surface area contributed by atoms with Gasteiger partial charge >= 0.3 is 0 Å². The van der Waals surface area contributed by atoms with Crippen LogP contribution in [0.3, 0.4) is 0 Å². The minimum Gasteiger partial charge on any atom is -0.492 e. The fraction of sp³-hybridized carbons (Fsp3) is 0.600. The van der Waals surface area contributed by atoms with Gasteiger partial charge in [0, 0.05) is 17.0 Å². The molecule has 1 aliphatic heterocycles. The van der Waals surface area contributed by atoms with Gasteiger partial charge in [-0.3, -0.25) is 0 Å². The average molecular weight is 233 g/mol. The maximum atomic E-state index is 6.24. The van der Waals surface area contributed by atoms with Gasteiger partial charge in [0.25, 0.3) is 0 Å². The van der Waals surface area contributed by atoms with E-state index in [2.05, 4.69) is 45.9 Å². The molecule has 0 bridgehead atoms. The van der Waals surface area contributed by atoms with Crippen molar-refractivity contribution in [3.05, 3.63) is 29.3 Å². The summed E-state index contributed by atoms with van der Waals surface area (Å²) in [7, 11) is 0. The summed E-state index contributed by atoms with van der Waals surface area (Å²) in [6, 6.07) is 6.54. The first-order valence-corrected chi connectivity index (χ1v) is 6.43. The van der Waals surface area contributed by atoms with E-state index in [1.54, 1.807) is 0 Å². The van der Waals surface area contributed by atoms with E-state index in [9.17, 15) is 0 Å². The van der Waals surface area contributed by atoms with Crippen molar-refractivity contribution in [1.29, 1.82) is 0 Å². The number of ether oxygens (including phenoxy) is 1. The zero-order chi connectivity index (χ0) is 12.6. The van der Waals surface area contributed by atoms with Crippen LogP contribution in [-0.4, -0.2) is 6.61 Å². The first-order chi connectivity index (χ1) is 7.90. The number of benzene rings is 1. The normalized spacial score (nSPS) is 18.9. The van der Waals surface area contributed by atoms with Crippen molar-refractivity contribution < 1.29 is 4.74 Å². The topological polar surface area (TPSA) is 35.2 Å². The highest BCUT2D eigenvalue weighted by molar-refractivity contribution is 5.45. The second-order valence-electron chi connectivity index (χ2n) is 6.16. The van der Waals surface area contributed by atoms with Gasteiger partial charge in [-0.1, -0.05) is 33.8 Å². The monoisotopic (exact) mass is 233 g/mol. The molecular formula is C15H23NO. The van der Waals surface area contributed by atoms with E-state index in [4.69, 9.17) is 10.5 Å². The highest BCUT2D eigenvalue weighted by Gasteiger charge is 2.32. The van der Waals surface area contributed by atoms with Gasteiger partial charge in [0.15, 0.2) is 0 Å². The number of hydrogen-bond donors (Lipinski definition) is 1. The van der Waals surface area contributed by atoms with Crippen molar-refractivity contribution in [3.8, 4) is 5.75 Å². The molecule has 1 atom stereocenters. The molecule has 1 aliphatic rings. The summed E-state index contributed by atoms with van der Waals surface area (Å²) < 4.78 is 5.69. The van der Waals surface area contributed by atoms with Crippen LogP contribution in [-0.2, 0) is 5.41 Å². The number of fused-ring (bicyclic) bond motifs is 1. The SMILES string of the molecule is CC(C)CC(N)c1ccc2c(c1)C(C)(C)CO2. The third-order valence-electron chi connectivity index (χ3n) is 3.47. The molecule has 0 aliphatic carbocycles. The Morgan fingerprint density at radius 2 is 2.06 bits per heavy atom. The second kappa shape index (κ2) is 4.34. The first-order valence-electron chi connectivity index (χ1n) is 6.43. The fourth-order valence-electron chi connectivity index (χ4n) is 2.41. The summed E-state index contributed by atoms with van der Waals surface area (Å²) in [5.41, 5.74) is 8.88. The van der Waals surface area contributed by atoms with E-state index in [0.717, 1.165) is 18.8 Å². The van der Waals surface area contributed by atoms with Crippen molar-refractivity contribution >= 4 is 0 Å². The van der Waals surface area contributed by atoms with Crippen LogP contribution < -0.4 is 10.5 Å². The largest absolute Gasteiger partial charge is 0.492 e. The summed E-state index contributed by atoms with van der Waals surface area (Å²) in [5.74, 6) is 1.65. The summed E-state index contributed by atoms with van der Waals surface area (Å²) >= 11 is 0. The second-order valence-corrected chi connectivity index (χ2v) is 6.16. The third kappa shape index (κ3) is 2.47. The summed E-state index contributed by atoms with van der Waals surface area (Å²) in [6.07, 6.45) is 1.03. The Morgan fingerprint density at radius 3 is 2.71 bits per heavy atom. The molecule has 0 saturated heterocycles. The van der Waals surface area contributed by atoms with Crippen LogP contribution in [0.15, 0.2) is 18.2 Å². The zero-order valence-electron chi connectivity index (χ0n) is 11.3. The Balaban J connectivity index is 2.28. The van der Waals surface area contributed by atoms with Crippen LogP contribution in [0.5, 0.6) is 5.75 Å². The van der Waals surface area contributed by atoms with Gasteiger partial charge in [0.1, 0.15) is 5.75 Å². The quantitative estimate of drug-likeness (QED) is 0.868. The zero-order valence-corrected chi connectivity index (χ0v) is 11.3. The Labute approximate surface area is 104 Å². The van der Waals surface area contributed by atoms with Gasteiger partial charge in [0.2, 0.25) is 0 Å². The van der Waals surface area contributed by atoms with Gasteiger partial charge in [-0.2, -0.15) is 0 Å². The lowest BCUT2D eigenvalue weighted by Gasteiger charge is -2.19. The molecule has 1 aromatic rings. The molecule has 0 amide bonds. The van der Waals surface area contributed by atoms with Crippen LogP contribution in [0.1, 0.15) is 51.3 Å². The lowest BCUT2D eigenvalue weighted by molar-refractivity contribution is 0.291. The number of rotatable bonds is 3. The van der Waals surface area contributed by atoms with E-state index in [-0.39, 0.29) is 11.5 Å². The molecular weight excluding hydrogens is 210 g/mol. The lowest BCUT2D eigenvalue weighted by Crippen LogP contribution is -2.19. The Morgan fingerprint density at radius 1 is 1.35 bits per heavy atom. The minimum absolute atomic E-state index is 0.114. The molecule has 2 N–H and O–H groups in total. The van der Waals surface area contributed by atoms with Gasteiger partial charge in [-0.25, -0.2) is 0 Å². The summed E-state index contributed by atoms with van der Waals surface area (Å²) in [4.78, 5) is 0. The van der Waals surface area contributed by atoms with Crippen molar-refractivity contribution in [1.82, 2.24) is 0 Å². The van der Waals surface area contributed by atoms with Crippen molar-refractivity contribution in [2.75, 3.05) is 6.61 Å². The van der Waals surface area contributed by atoms with Gasteiger partial charge in [0.05, 0.1) is 6.61 Å². The third-order valence-corrected chi connectivity index (χ3v) is 3.47. The van der Waals surface area contributed by atoms with Crippen molar-refractivity contribution in [3.63, 3.8) is 0 Å². The van der Waals surface area contributed by atoms with E-state index in [0.29, 0.717) is 5.92 Å². The molecule has 0 fully saturated rings. The lowest BCUT2D eigenvalue weighted by atomic mass is 9.85. The molecule has 0 aromatic heterocycles. The summed E-state index contributed by atoms with van der Waals surface area (Å²) in [6.45, 7) is 9.62. The maximum absolute atomic E-state index is 6.24. The van der Waals surface area contributed by atoms with Crippen LogP contribution in [0.25, 0.3) is 0 Å². The van der Waals surface area contributed by atoms with E-state index < -0.39 is 0 Å². The molecule has 94 valence electrons. The smallest absolute Gasteiger partial charge is 0.123 e. The van der Waals surface area contributed by atoms with Gasteiger partial charge in [-0.15, -0.1) is 0 Å². The van der Waals surface area contributed by atoms with Crippen LogP contribution in [0.4, 0.5) is 0 Å². The van der Waals surface area contributed by atoms with E-state index in [1.165, 1.54) is 11.1 Å². The molecule has 0 radical (unpaired) electrons. The van der Waals surface area contributed by atoms with Crippen molar-refractivity contribution in [2.24, 2.45) is 11.7 Å². The van der Waals surface area contributed by atoms with Crippen LogP contribution in [0, 0.1) is 5.92 Å². The van der Waals surface area contributed by atoms with E-state index in [1.807, 2.05) is 0 Å². The predicted molar refractivity (Wildman–Crippen MR) is 71.3 cm³/mol. The molecule has 1 heterocycles. The Kier molecular flexibility index (Phi) is 3.17. The number of hydrogen-bond acceptors (Lipinski definition) is 2. The molecule has 0 saturated carbocycles. The first kappa shape index (κ1) is 12.4. The van der Waals surface area contributed by atoms with Gasteiger partial charge < -0.3 is 10.5 Å². The van der Waals surface area contributed by atoms with E-state index >= 15 is 0 Å². The molecule has 1 aromatic carbocycles. The highest BCUT2D eigenvalue weighted by Crippen LogP contribution is 2.39. The molecule has 2 nitrogen and oxygen atoms in total. The standard InChI is InChI=1S/C15H23NO/c1-10(2)7-13(16)11-5-6-14-12(8-11)15(3,4)9-17-14/h5-6,8,10,13H,7,9,16H2,1-4H3. The molecule has 1 unspecified atom stereocenters. The molecule has 2 rings (SSSR count). The highest BCUT2D eigenvalue weighted by atomic mass is 16.5. The predicted octanol–water partition coefficient (Wildman–Crippen LogP) is 3.40. The number of nitrogens with two attached hydrogens (primary N) is 1. The van der Waals surface area contributed by atoms with Gasteiger partial charge in [-0.05, 0) is 30.0 Å². The fourth-order valence-corrected chi connectivity index (χ4v) is 2.41.